The van der Waals surface area contributed by atoms with E-state index in [0.717, 1.165) is 21.3 Å². The van der Waals surface area contributed by atoms with Crippen LogP contribution in [0.3, 0.4) is 0 Å². The summed E-state index contributed by atoms with van der Waals surface area (Å²) in [5.41, 5.74) is 2.79. The van der Waals surface area contributed by atoms with Crippen LogP contribution in [0.1, 0.15) is 11.1 Å². The highest BCUT2D eigenvalue weighted by molar-refractivity contribution is 9.10. The largest absolute Gasteiger partial charge is 0.278 e. The summed E-state index contributed by atoms with van der Waals surface area (Å²) >= 11 is 4.61. The van der Waals surface area contributed by atoms with Gasteiger partial charge >= 0.3 is 0 Å². The standard InChI is InChI=1S/C17H13BrN2OS/c1-11-5-7-14(8-6-11)20-16(21)15(22-17(20)19)10-12-3-2-4-13(18)9-12/h2-10,19H,1H3/b15-10-,19-17?. The first-order chi connectivity index (χ1) is 10.5. The molecule has 1 N–H and O–H groups in total. The Balaban J connectivity index is 1.93. The van der Waals surface area contributed by atoms with Crippen molar-refractivity contribution in [2.75, 3.05) is 4.90 Å². The lowest BCUT2D eigenvalue weighted by atomic mass is 10.2. The van der Waals surface area contributed by atoms with Gasteiger partial charge in [-0.15, -0.1) is 0 Å². The summed E-state index contributed by atoms with van der Waals surface area (Å²) in [6, 6.07) is 15.3. The average molecular weight is 373 g/mol. The number of nitrogens with one attached hydrogen (secondary N) is 1. The number of carbonyl (C=O) groups is 1. The Bertz CT molecular complexity index is 784. The van der Waals surface area contributed by atoms with E-state index in [9.17, 15) is 4.79 Å². The second kappa shape index (κ2) is 6.10. The van der Waals surface area contributed by atoms with Crippen LogP contribution in [0.2, 0.25) is 0 Å². The number of carbonyl (C=O) groups excluding carboxylic acids is 1. The molecule has 22 heavy (non-hydrogen) atoms. The van der Waals surface area contributed by atoms with Crippen molar-refractivity contribution >= 4 is 50.5 Å². The van der Waals surface area contributed by atoms with Crippen molar-refractivity contribution in [1.29, 1.82) is 5.41 Å². The van der Waals surface area contributed by atoms with E-state index >= 15 is 0 Å². The van der Waals surface area contributed by atoms with E-state index < -0.39 is 0 Å². The van der Waals surface area contributed by atoms with Gasteiger partial charge in [-0.25, -0.2) is 0 Å². The van der Waals surface area contributed by atoms with E-state index in [2.05, 4.69) is 15.9 Å². The monoisotopic (exact) mass is 372 g/mol. The van der Waals surface area contributed by atoms with Gasteiger partial charge in [-0.3, -0.25) is 15.1 Å². The lowest BCUT2D eigenvalue weighted by Gasteiger charge is -2.14. The van der Waals surface area contributed by atoms with Gasteiger partial charge < -0.3 is 0 Å². The molecule has 1 aliphatic heterocycles. The number of benzene rings is 2. The Hall–Kier alpha value is -1.85. The zero-order valence-electron chi connectivity index (χ0n) is 11.8. The lowest BCUT2D eigenvalue weighted by Crippen LogP contribution is -2.28. The average Bonchev–Trinajstić information content (AvgIpc) is 2.75. The van der Waals surface area contributed by atoms with Crippen LogP contribution < -0.4 is 4.90 Å². The number of amides is 1. The summed E-state index contributed by atoms with van der Waals surface area (Å²) in [5.74, 6) is -0.154. The molecule has 0 atom stereocenters. The van der Waals surface area contributed by atoms with Crippen LogP contribution in [0.25, 0.3) is 6.08 Å². The Kier molecular flexibility index (Phi) is 4.18. The van der Waals surface area contributed by atoms with Crippen molar-refractivity contribution < 1.29 is 4.79 Å². The Labute approximate surface area is 141 Å². The smallest absolute Gasteiger partial charge is 0.271 e. The SMILES string of the molecule is Cc1ccc(N2C(=N)S/C(=C\c3cccc(Br)c3)C2=O)cc1. The quantitative estimate of drug-likeness (QED) is 0.768. The van der Waals surface area contributed by atoms with E-state index in [1.54, 1.807) is 0 Å². The lowest BCUT2D eigenvalue weighted by molar-refractivity contribution is -0.113. The molecule has 1 heterocycles. The van der Waals surface area contributed by atoms with E-state index in [4.69, 9.17) is 5.41 Å². The first-order valence-electron chi connectivity index (χ1n) is 6.69. The molecule has 0 unspecified atom stereocenters. The minimum absolute atomic E-state index is 0.154. The van der Waals surface area contributed by atoms with Crippen LogP contribution >= 0.6 is 27.7 Å². The van der Waals surface area contributed by atoms with Crippen LogP contribution in [-0.4, -0.2) is 11.1 Å². The zero-order valence-corrected chi connectivity index (χ0v) is 14.2. The molecule has 2 aromatic rings. The number of amidine groups is 1. The molecule has 0 spiro atoms. The number of nitrogens with zero attached hydrogens (tertiary/aromatic N) is 1. The third kappa shape index (κ3) is 3.00. The number of anilines is 1. The van der Waals surface area contributed by atoms with Crippen LogP contribution in [0.4, 0.5) is 5.69 Å². The summed E-state index contributed by atoms with van der Waals surface area (Å²) in [4.78, 5) is 14.6. The predicted molar refractivity (Wildman–Crippen MR) is 96.1 cm³/mol. The first kappa shape index (κ1) is 15.1. The molecule has 1 fully saturated rings. The third-order valence-electron chi connectivity index (χ3n) is 3.26. The molecule has 1 amide bonds. The molecule has 5 heteroatoms. The molecule has 0 radical (unpaired) electrons. The molecule has 1 aliphatic rings. The minimum atomic E-state index is -0.154. The molecule has 0 saturated carbocycles. The minimum Gasteiger partial charge on any atom is -0.278 e. The summed E-state index contributed by atoms with van der Waals surface area (Å²) in [7, 11) is 0. The molecule has 1 saturated heterocycles. The second-order valence-electron chi connectivity index (χ2n) is 4.95. The number of aryl methyl sites for hydroxylation is 1. The molecule has 3 rings (SSSR count). The molecule has 0 aromatic heterocycles. The highest BCUT2D eigenvalue weighted by Crippen LogP contribution is 2.35. The summed E-state index contributed by atoms with van der Waals surface area (Å²) in [6.07, 6.45) is 1.82. The number of hydrogen-bond acceptors (Lipinski definition) is 3. The summed E-state index contributed by atoms with van der Waals surface area (Å²) in [5, 5.41) is 8.32. The fourth-order valence-electron chi connectivity index (χ4n) is 2.16. The van der Waals surface area contributed by atoms with Gasteiger partial charge in [0.1, 0.15) is 0 Å². The molecule has 3 nitrogen and oxygen atoms in total. The normalized spacial score (nSPS) is 16.6. The fraction of sp³-hybridized carbons (Fsp3) is 0.0588. The van der Waals surface area contributed by atoms with Gasteiger partial charge in [0.2, 0.25) is 0 Å². The maximum Gasteiger partial charge on any atom is 0.271 e. The predicted octanol–water partition coefficient (Wildman–Crippen LogP) is 4.81. The van der Waals surface area contributed by atoms with Crippen molar-refractivity contribution in [3.63, 3.8) is 0 Å². The van der Waals surface area contributed by atoms with Crippen molar-refractivity contribution in [2.45, 2.75) is 6.92 Å². The van der Waals surface area contributed by atoms with Crippen molar-refractivity contribution in [2.24, 2.45) is 0 Å². The molecular weight excluding hydrogens is 360 g/mol. The molecular formula is C17H13BrN2OS. The van der Waals surface area contributed by atoms with Gasteiger partial charge in [0.15, 0.2) is 5.17 Å². The van der Waals surface area contributed by atoms with Gasteiger partial charge in [0, 0.05) is 4.47 Å². The number of rotatable bonds is 2. The number of hydrogen-bond donors (Lipinski definition) is 1. The maximum absolute atomic E-state index is 12.6. The molecule has 110 valence electrons. The first-order valence-corrected chi connectivity index (χ1v) is 8.30. The van der Waals surface area contributed by atoms with Crippen LogP contribution in [0, 0.1) is 12.3 Å². The topological polar surface area (TPSA) is 44.2 Å². The summed E-state index contributed by atoms with van der Waals surface area (Å²) < 4.78 is 0.961. The zero-order chi connectivity index (χ0) is 15.7. The van der Waals surface area contributed by atoms with Crippen molar-refractivity contribution in [1.82, 2.24) is 0 Å². The highest BCUT2D eigenvalue weighted by Gasteiger charge is 2.33. The molecule has 0 aliphatic carbocycles. The van der Waals surface area contributed by atoms with Crippen molar-refractivity contribution in [3.8, 4) is 0 Å². The van der Waals surface area contributed by atoms with Crippen molar-refractivity contribution in [3.05, 3.63) is 69.0 Å². The maximum atomic E-state index is 12.6. The van der Waals surface area contributed by atoms with E-state index in [1.807, 2.05) is 61.5 Å². The Morgan fingerprint density at radius 2 is 1.91 bits per heavy atom. The fourth-order valence-corrected chi connectivity index (χ4v) is 3.44. The van der Waals surface area contributed by atoms with Gasteiger partial charge in [-0.2, -0.15) is 0 Å². The highest BCUT2D eigenvalue weighted by atomic mass is 79.9. The van der Waals surface area contributed by atoms with E-state index in [1.165, 1.54) is 16.7 Å². The van der Waals surface area contributed by atoms with Crippen LogP contribution in [-0.2, 0) is 4.79 Å². The third-order valence-corrected chi connectivity index (χ3v) is 4.64. The van der Waals surface area contributed by atoms with E-state index in [-0.39, 0.29) is 11.1 Å². The molecule has 0 bridgehead atoms. The molecule has 2 aromatic carbocycles. The number of halogens is 1. The van der Waals surface area contributed by atoms with Gasteiger partial charge in [-0.1, -0.05) is 45.8 Å². The van der Waals surface area contributed by atoms with Gasteiger partial charge in [0.25, 0.3) is 5.91 Å². The number of thioether (sulfide) groups is 1. The van der Waals surface area contributed by atoms with Crippen LogP contribution in [0.15, 0.2) is 57.9 Å². The van der Waals surface area contributed by atoms with Crippen LogP contribution in [0.5, 0.6) is 0 Å². The Morgan fingerprint density at radius 1 is 1.18 bits per heavy atom. The van der Waals surface area contributed by atoms with E-state index in [0.29, 0.717) is 4.91 Å². The Morgan fingerprint density at radius 3 is 2.59 bits per heavy atom. The second-order valence-corrected chi connectivity index (χ2v) is 6.89. The van der Waals surface area contributed by atoms with Gasteiger partial charge in [0.05, 0.1) is 10.6 Å². The van der Waals surface area contributed by atoms with Gasteiger partial charge in [-0.05, 0) is 54.6 Å². The summed E-state index contributed by atoms with van der Waals surface area (Å²) in [6.45, 7) is 1.99.